The Balaban J connectivity index is 2.80. The Hall–Kier alpha value is -0.660. The van der Waals surface area contributed by atoms with E-state index in [0.29, 0.717) is 5.56 Å². The van der Waals surface area contributed by atoms with Crippen LogP contribution in [0.15, 0.2) is 28.7 Å². The smallest absolute Gasteiger partial charge is 0.330 e. The minimum atomic E-state index is -4.18. The molecule has 7 heteroatoms. The van der Waals surface area contributed by atoms with Crippen LogP contribution in [0, 0.1) is 0 Å². The summed E-state index contributed by atoms with van der Waals surface area (Å²) in [7, 11) is 0. The average molecular weight is 344 g/mol. The third-order valence-corrected chi connectivity index (χ3v) is 2.92. The Morgan fingerprint density at radius 3 is 2.47 bits per heavy atom. The van der Waals surface area contributed by atoms with Gasteiger partial charge in [-0.15, -0.1) is 0 Å². The summed E-state index contributed by atoms with van der Waals surface area (Å²) in [6, 6.07) is 6.11. The van der Waals surface area contributed by atoms with Crippen molar-refractivity contribution >= 4 is 15.9 Å². The average Bonchev–Trinajstić information content (AvgIpc) is 2.28. The van der Waals surface area contributed by atoms with E-state index in [9.17, 15) is 17.6 Å². The molecule has 0 spiro atoms. The molecule has 0 radical (unpaired) electrons. The maximum atomic E-state index is 12.8. The van der Waals surface area contributed by atoms with Crippen molar-refractivity contribution in [1.82, 2.24) is 0 Å². The van der Waals surface area contributed by atoms with Gasteiger partial charge in [-0.2, -0.15) is 8.78 Å². The molecule has 1 aromatic carbocycles. The van der Waals surface area contributed by atoms with Gasteiger partial charge in [0, 0.05) is 10.5 Å². The van der Waals surface area contributed by atoms with Crippen molar-refractivity contribution in [1.29, 1.82) is 0 Å². The molecule has 0 aliphatic rings. The molecule has 0 fully saturated rings. The summed E-state index contributed by atoms with van der Waals surface area (Å²) in [6.45, 7) is 0.190. The fraction of sp³-hybridized carbons (Fsp3) is 0.500. The van der Waals surface area contributed by atoms with Crippen LogP contribution in [0.3, 0.4) is 0 Å². The van der Waals surface area contributed by atoms with Crippen LogP contribution in [0.2, 0.25) is 0 Å². The maximum absolute atomic E-state index is 12.8. The largest absolute Gasteiger partial charge is 0.365 e. The molecule has 1 rings (SSSR count). The Morgan fingerprint density at radius 2 is 2.00 bits per heavy atom. The highest BCUT2D eigenvalue weighted by Gasteiger charge is 2.42. The molecule has 0 saturated carbocycles. The number of nitrogens with two attached hydrogens (primary N) is 1. The standard InChI is InChI=1S/C12H14BrF4NO/c1-7(18)10(8-3-2-4-9(13)5-8)19-6-12(16,17)11(14)15/h2-5,7,10-11H,6,18H2,1H3. The molecular formula is C12H14BrF4NO. The van der Waals surface area contributed by atoms with Gasteiger partial charge in [0.05, 0.1) is 6.10 Å². The molecule has 0 aromatic heterocycles. The van der Waals surface area contributed by atoms with Crippen LogP contribution in [-0.4, -0.2) is 25.0 Å². The van der Waals surface area contributed by atoms with Crippen molar-refractivity contribution in [2.24, 2.45) is 5.73 Å². The highest BCUT2D eigenvalue weighted by Crippen LogP contribution is 2.28. The van der Waals surface area contributed by atoms with Gasteiger partial charge in [0.1, 0.15) is 6.61 Å². The maximum Gasteiger partial charge on any atom is 0.330 e. The summed E-state index contributed by atoms with van der Waals surface area (Å²) in [6.07, 6.45) is -4.63. The van der Waals surface area contributed by atoms with Crippen molar-refractivity contribution in [3.63, 3.8) is 0 Å². The number of halogens is 5. The fourth-order valence-electron chi connectivity index (χ4n) is 1.50. The highest BCUT2D eigenvalue weighted by atomic mass is 79.9. The van der Waals surface area contributed by atoms with Crippen molar-refractivity contribution in [3.05, 3.63) is 34.3 Å². The molecule has 19 heavy (non-hydrogen) atoms. The van der Waals surface area contributed by atoms with Crippen LogP contribution in [-0.2, 0) is 4.74 Å². The second-order valence-electron chi connectivity index (χ2n) is 4.21. The summed E-state index contributed by atoms with van der Waals surface area (Å²) < 4.78 is 55.4. The lowest BCUT2D eigenvalue weighted by molar-refractivity contribution is -0.178. The molecule has 0 heterocycles. The highest BCUT2D eigenvalue weighted by molar-refractivity contribution is 9.10. The van der Waals surface area contributed by atoms with Gasteiger partial charge in [0.25, 0.3) is 0 Å². The monoisotopic (exact) mass is 343 g/mol. The first-order valence-electron chi connectivity index (χ1n) is 5.52. The van der Waals surface area contributed by atoms with Gasteiger partial charge in [0.15, 0.2) is 0 Å². The predicted octanol–water partition coefficient (Wildman–Crippen LogP) is 3.75. The molecule has 2 nitrogen and oxygen atoms in total. The van der Waals surface area contributed by atoms with Crippen LogP contribution < -0.4 is 5.73 Å². The quantitative estimate of drug-likeness (QED) is 0.798. The molecule has 0 aliphatic heterocycles. The molecule has 0 bridgehead atoms. The first-order chi connectivity index (χ1) is 8.74. The Kier molecular flexibility index (Phi) is 5.76. The molecule has 0 amide bonds. The number of alkyl halides is 4. The third kappa shape index (κ3) is 4.74. The zero-order chi connectivity index (χ0) is 14.6. The summed E-state index contributed by atoms with van der Waals surface area (Å²) in [5, 5.41) is 0. The number of benzene rings is 1. The van der Waals surface area contributed by atoms with Crippen molar-refractivity contribution in [3.8, 4) is 0 Å². The lowest BCUT2D eigenvalue weighted by atomic mass is 10.0. The van der Waals surface area contributed by atoms with Gasteiger partial charge in [-0.05, 0) is 24.6 Å². The van der Waals surface area contributed by atoms with Crippen molar-refractivity contribution < 1.29 is 22.3 Å². The van der Waals surface area contributed by atoms with E-state index in [2.05, 4.69) is 15.9 Å². The first-order valence-corrected chi connectivity index (χ1v) is 6.32. The van der Waals surface area contributed by atoms with Gasteiger partial charge in [0.2, 0.25) is 0 Å². The first kappa shape index (κ1) is 16.4. The second-order valence-corrected chi connectivity index (χ2v) is 5.12. The van der Waals surface area contributed by atoms with E-state index in [1.807, 2.05) is 0 Å². The Morgan fingerprint density at radius 1 is 1.37 bits per heavy atom. The Bertz CT molecular complexity index is 414. The summed E-state index contributed by atoms with van der Waals surface area (Å²) in [4.78, 5) is 0. The minimum Gasteiger partial charge on any atom is -0.365 e. The van der Waals surface area contributed by atoms with E-state index in [4.69, 9.17) is 10.5 Å². The van der Waals surface area contributed by atoms with Crippen molar-refractivity contribution in [2.75, 3.05) is 6.61 Å². The number of hydrogen-bond donors (Lipinski definition) is 1. The molecule has 0 saturated heterocycles. The van der Waals surface area contributed by atoms with Crippen LogP contribution in [0.25, 0.3) is 0 Å². The molecule has 2 unspecified atom stereocenters. The molecular weight excluding hydrogens is 330 g/mol. The van der Waals surface area contributed by atoms with Crippen LogP contribution >= 0.6 is 15.9 Å². The van der Waals surface area contributed by atoms with E-state index in [-0.39, 0.29) is 0 Å². The summed E-state index contributed by atoms with van der Waals surface area (Å²) in [5.74, 6) is -4.18. The van der Waals surface area contributed by atoms with E-state index < -0.39 is 31.1 Å². The van der Waals surface area contributed by atoms with Crippen LogP contribution in [0.1, 0.15) is 18.6 Å². The van der Waals surface area contributed by atoms with Gasteiger partial charge in [-0.1, -0.05) is 28.1 Å². The van der Waals surface area contributed by atoms with Gasteiger partial charge < -0.3 is 10.5 Å². The summed E-state index contributed by atoms with van der Waals surface area (Å²) in [5.41, 5.74) is 6.20. The zero-order valence-corrected chi connectivity index (χ0v) is 11.7. The number of hydrogen-bond acceptors (Lipinski definition) is 2. The van der Waals surface area contributed by atoms with Crippen LogP contribution in [0.5, 0.6) is 0 Å². The summed E-state index contributed by atoms with van der Waals surface area (Å²) >= 11 is 3.23. The lowest BCUT2D eigenvalue weighted by Crippen LogP contribution is -2.36. The minimum absolute atomic E-state index is 0.550. The number of ether oxygens (including phenoxy) is 1. The molecule has 2 N–H and O–H groups in total. The zero-order valence-electron chi connectivity index (χ0n) is 10.1. The molecule has 2 atom stereocenters. The van der Waals surface area contributed by atoms with E-state index in [1.54, 1.807) is 31.2 Å². The third-order valence-electron chi connectivity index (χ3n) is 2.43. The van der Waals surface area contributed by atoms with E-state index >= 15 is 0 Å². The fourth-order valence-corrected chi connectivity index (χ4v) is 1.92. The molecule has 0 aliphatic carbocycles. The number of rotatable bonds is 6. The lowest BCUT2D eigenvalue weighted by Gasteiger charge is -2.25. The van der Waals surface area contributed by atoms with E-state index in [1.165, 1.54) is 0 Å². The van der Waals surface area contributed by atoms with Gasteiger partial charge in [-0.3, -0.25) is 0 Å². The Labute approximate surface area is 117 Å². The topological polar surface area (TPSA) is 35.2 Å². The predicted molar refractivity (Wildman–Crippen MR) is 67.4 cm³/mol. The van der Waals surface area contributed by atoms with Crippen molar-refractivity contribution in [2.45, 2.75) is 31.4 Å². The second kappa shape index (κ2) is 6.67. The molecule has 1 aromatic rings. The SMILES string of the molecule is CC(N)C(OCC(F)(F)C(F)F)c1cccc(Br)c1. The normalized spacial score (nSPS) is 15.6. The van der Waals surface area contributed by atoms with Gasteiger partial charge in [-0.25, -0.2) is 8.78 Å². The van der Waals surface area contributed by atoms with Crippen LogP contribution in [0.4, 0.5) is 17.6 Å². The van der Waals surface area contributed by atoms with E-state index in [0.717, 1.165) is 4.47 Å². The molecule has 108 valence electrons. The van der Waals surface area contributed by atoms with Gasteiger partial charge >= 0.3 is 12.3 Å².